The van der Waals surface area contributed by atoms with Crippen molar-refractivity contribution < 1.29 is 0 Å². The van der Waals surface area contributed by atoms with Crippen LogP contribution in [0.3, 0.4) is 0 Å². The van der Waals surface area contributed by atoms with Gasteiger partial charge in [0.15, 0.2) is 5.82 Å². The summed E-state index contributed by atoms with van der Waals surface area (Å²) >= 11 is 12.1. The monoisotopic (exact) mass is 323 g/mol. The summed E-state index contributed by atoms with van der Waals surface area (Å²) < 4.78 is 0. The van der Waals surface area contributed by atoms with Gasteiger partial charge in [-0.05, 0) is 23.7 Å². The van der Waals surface area contributed by atoms with Gasteiger partial charge in [0.25, 0.3) is 0 Å². The molecule has 7 heteroatoms. The lowest BCUT2D eigenvalue weighted by Gasteiger charge is -2.37. The van der Waals surface area contributed by atoms with Gasteiger partial charge in [0, 0.05) is 26.2 Å². The average Bonchev–Trinajstić information content (AvgIpc) is 2.50. The fraction of sp³-hybridized carbons (Fsp3) is 0.286. The number of halogens is 2. The van der Waals surface area contributed by atoms with Crippen molar-refractivity contribution in [3.05, 3.63) is 40.8 Å². The number of nitrogens with two attached hydrogens (primary N) is 1. The largest absolute Gasteiger partial charge is 0.394 e. The number of aromatic nitrogens is 2. The molecule has 0 aliphatic carbocycles. The number of anilines is 3. The number of hydrogen-bond acceptors (Lipinski definition) is 5. The minimum atomic E-state index is 0.215. The summed E-state index contributed by atoms with van der Waals surface area (Å²) in [7, 11) is 0. The van der Waals surface area contributed by atoms with Crippen LogP contribution < -0.4 is 15.5 Å². The number of hydrogen-bond donors (Lipinski definition) is 1. The molecule has 2 aromatic rings. The van der Waals surface area contributed by atoms with Gasteiger partial charge in [0.05, 0.1) is 22.6 Å². The van der Waals surface area contributed by atoms with Crippen LogP contribution in [0.25, 0.3) is 0 Å². The molecule has 1 saturated heterocycles. The van der Waals surface area contributed by atoms with Gasteiger partial charge in [-0.2, -0.15) is 4.98 Å². The summed E-state index contributed by atoms with van der Waals surface area (Å²) in [6, 6.07) is 7.88. The van der Waals surface area contributed by atoms with E-state index >= 15 is 0 Å². The minimum Gasteiger partial charge on any atom is -0.394 e. The maximum Gasteiger partial charge on any atom is 0.224 e. The van der Waals surface area contributed by atoms with E-state index < -0.39 is 0 Å². The standard InChI is InChI=1S/C14H15Cl2N5/c15-10-3-1-2-4-12(10)20-5-7-21(8-6-20)13-11(17)9-18-14(16)19-13/h1-4,9H,5-8,17H2. The van der Waals surface area contributed by atoms with Crippen LogP contribution in [0.1, 0.15) is 0 Å². The van der Waals surface area contributed by atoms with E-state index in [9.17, 15) is 0 Å². The molecule has 5 nitrogen and oxygen atoms in total. The van der Waals surface area contributed by atoms with E-state index in [1.54, 1.807) is 6.20 Å². The summed E-state index contributed by atoms with van der Waals surface area (Å²) in [5.74, 6) is 0.703. The predicted molar refractivity (Wildman–Crippen MR) is 87.3 cm³/mol. The van der Waals surface area contributed by atoms with Crippen LogP contribution in [0, 0.1) is 0 Å². The molecule has 1 aromatic heterocycles. The summed E-state index contributed by atoms with van der Waals surface area (Å²) in [6.45, 7) is 3.32. The molecular formula is C14H15Cl2N5. The van der Waals surface area contributed by atoms with Gasteiger partial charge in [0.1, 0.15) is 0 Å². The van der Waals surface area contributed by atoms with Gasteiger partial charge < -0.3 is 15.5 Å². The van der Waals surface area contributed by atoms with E-state index in [-0.39, 0.29) is 5.28 Å². The van der Waals surface area contributed by atoms with Crippen LogP contribution in [-0.4, -0.2) is 36.1 Å². The van der Waals surface area contributed by atoms with Crippen molar-refractivity contribution >= 4 is 40.4 Å². The Hall–Kier alpha value is -1.72. The third kappa shape index (κ3) is 2.99. The molecule has 1 aromatic carbocycles. The lowest BCUT2D eigenvalue weighted by atomic mass is 10.2. The van der Waals surface area contributed by atoms with Crippen molar-refractivity contribution in [2.24, 2.45) is 0 Å². The highest BCUT2D eigenvalue weighted by Gasteiger charge is 2.21. The van der Waals surface area contributed by atoms with Gasteiger partial charge in [-0.15, -0.1) is 0 Å². The fourth-order valence-corrected chi connectivity index (χ4v) is 2.87. The highest BCUT2D eigenvalue weighted by molar-refractivity contribution is 6.33. The van der Waals surface area contributed by atoms with Crippen LogP contribution in [0.4, 0.5) is 17.2 Å². The molecule has 110 valence electrons. The van der Waals surface area contributed by atoms with E-state index in [1.807, 2.05) is 24.3 Å². The second-order valence-electron chi connectivity index (χ2n) is 4.84. The SMILES string of the molecule is Nc1cnc(Cl)nc1N1CCN(c2ccccc2Cl)CC1. The molecule has 21 heavy (non-hydrogen) atoms. The minimum absolute atomic E-state index is 0.215. The van der Waals surface area contributed by atoms with Gasteiger partial charge in [0.2, 0.25) is 5.28 Å². The van der Waals surface area contributed by atoms with Crippen molar-refractivity contribution in [1.82, 2.24) is 9.97 Å². The number of rotatable bonds is 2. The number of nitrogens with zero attached hydrogens (tertiary/aromatic N) is 4. The zero-order chi connectivity index (χ0) is 14.8. The Balaban J connectivity index is 1.73. The molecule has 1 aliphatic heterocycles. The van der Waals surface area contributed by atoms with Crippen LogP contribution in [-0.2, 0) is 0 Å². The average molecular weight is 324 g/mol. The molecule has 2 heterocycles. The molecule has 0 amide bonds. The molecule has 2 N–H and O–H groups in total. The number of para-hydroxylation sites is 1. The molecule has 1 aliphatic rings. The van der Waals surface area contributed by atoms with E-state index in [0.29, 0.717) is 11.5 Å². The zero-order valence-electron chi connectivity index (χ0n) is 11.3. The maximum absolute atomic E-state index is 6.24. The topological polar surface area (TPSA) is 58.3 Å². The van der Waals surface area contributed by atoms with Crippen molar-refractivity contribution in [3.63, 3.8) is 0 Å². The lowest BCUT2D eigenvalue weighted by Crippen LogP contribution is -2.47. The molecule has 0 bridgehead atoms. The van der Waals surface area contributed by atoms with Crippen LogP contribution >= 0.6 is 23.2 Å². The molecule has 0 saturated carbocycles. The Morgan fingerprint density at radius 3 is 2.38 bits per heavy atom. The quantitative estimate of drug-likeness (QED) is 0.861. The first-order chi connectivity index (χ1) is 10.1. The number of nitrogen functional groups attached to an aromatic ring is 1. The van der Waals surface area contributed by atoms with Crippen LogP contribution in [0.5, 0.6) is 0 Å². The first-order valence-electron chi connectivity index (χ1n) is 6.67. The van der Waals surface area contributed by atoms with Gasteiger partial charge >= 0.3 is 0 Å². The van der Waals surface area contributed by atoms with Gasteiger partial charge in [-0.3, -0.25) is 0 Å². The third-order valence-corrected chi connectivity index (χ3v) is 4.04. The Bertz CT molecular complexity index is 641. The normalized spacial score (nSPS) is 15.3. The Labute approximate surface area is 133 Å². The van der Waals surface area contributed by atoms with Crippen LogP contribution in [0.2, 0.25) is 10.3 Å². The van der Waals surface area contributed by atoms with Crippen molar-refractivity contribution in [1.29, 1.82) is 0 Å². The smallest absolute Gasteiger partial charge is 0.224 e. The third-order valence-electron chi connectivity index (χ3n) is 3.54. The second-order valence-corrected chi connectivity index (χ2v) is 5.59. The number of benzene rings is 1. The van der Waals surface area contributed by atoms with Gasteiger partial charge in [-0.25, -0.2) is 4.98 Å². The predicted octanol–water partition coefficient (Wildman–Crippen LogP) is 2.69. The first-order valence-corrected chi connectivity index (χ1v) is 7.43. The van der Waals surface area contributed by atoms with Crippen molar-refractivity contribution in [2.75, 3.05) is 41.7 Å². The number of piperazine rings is 1. The highest BCUT2D eigenvalue weighted by Crippen LogP contribution is 2.28. The van der Waals surface area contributed by atoms with E-state index in [1.165, 1.54) is 0 Å². The lowest BCUT2D eigenvalue weighted by molar-refractivity contribution is 0.647. The summed E-state index contributed by atoms with van der Waals surface area (Å²) in [6.07, 6.45) is 1.55. The summed E-state index contributed by atoms with van der Waals surface area (Å²) in [5, 5.41) is 0.989. The summed E-state index contributed by atoms with van der Waals surface area (Å²) in [4.78, 5) is 12.5. The molecule has 3 rings (SSSR count). The summed E-state index contributed by atoms with van der Waals surface area (Å²) in [5.41, 5.74) is 7.54. The highest BCUT2D eigenvalue weighted by atomic mass is 35.5. The first kappa shape index (κ1) is 14.2. The molecule has 0 atom stereocenters. The molecular weight excluding hydrogens is 309 g/mol. The van der Waals surface area contributed by atoms with E-state index in [2.05, 4.69) is 19.8 Å². The maximum atomic E-state index is 6.24. The van der Waals surface area contributed by atoms with E-state index in [4.69, 9.17) is 28.9 Å². The second kappa shape index (κ2) is 5.95. The van der Waals surface area contributed by atoms with E-state index in [0.717, 1.165) is 36.9 Å². The Morgan fingerprint density at radius 2 is 1.67 bits per heavy atom. The molecule has 0 spiro atoms. The van der Waals surface area contributed by atoms with Crippen molar-refractivity contribution in [2.45, 2.75) is 0 Å². The fourth-order valence-electron chi connectivity index (χ4n) is 2.48. The molecule has 1 fully saturated rings. The molecule has 0 radical (unpaired) electrons. The van der Waals surface area contributed by atoms with Crippen LogP contribution in [0.15, 0.2) is 30.5 Å². The molecule has 0 unspecified atom stereocenters. The Morgan fingerprint density at radius 1 is 1.00 bits per heavy atom. The zero-order valence-corrected chi connectivity index (χ0v) is 12.8. The Kier molecular flexibility index (Phi) is 4.03. The van der Waals surface area contributed by atoms with Gasteiger partial charge in [-0.1, -0.05) is 23.7 Å². The van der Waals surface area contributed by atoms with Crippen molar-refractivity contribution in [3.8, 4) is 0 Å².